The van der Waals surface area contributed by atoms with E-state index in [0.29, 0.717) is 18.2 Å². The van der Waals surface area contributed by atoms with Gasteiger partial charge in [0.2, 0.25) is 0 Å². The molecule has 0 radical (unpaired) electrons. The second-order valence-corrected chi connectivity index (χ2v) is 4.12. The van der Waals surface area contributed by atoms with Crippen LogP contribution < -0.4 is 0 Å². The molecule has 2 rings (SSSR count). The molecule has 0 saturated carbocycles. The van der Waals surface area contributed by atoms with Gasteiger partial charge in [-0.15, -0.1) is 0 Å². The number of hydrogen-bond donors (Lipinski definition) is 0. The van der Waals surface area contributed by atoms with E-state index in [4.69, 9.17) is 0 Å². The summed E-state index contributed by atoms with van der Waals surface area (Å²) in [5.74, 6) is -4.16. The number of carbonyl (C=O) groups is 1. The summed E-state index contributed by atoms with van der Waals surface area (Å²) < 4.78 is 77.8. The van der Waals surface area contributed by atoms with Crippen LogP contribution in [0.4, 0.5) is 26.3 Å². The molecule has 0 spiro atoms. The zero-order valence-corrected chi connectivity index (χ0v) is 10.1. The van der Waals surface area contributed by atoms with E-state index in [-0.39, 0.29) is 11.1 Å². The maximum absolute atomic E-state index is 13.7. The van der Waals surface area contributed by atoms with Gasteiger partial charge in [-0.25, -0.2) is 22.0 Å². The topological polar surface area (TPSA) is 17.1 Å². The van der Waals surface area contributed by atoms with Gasteiger partial charge in [-0.3, -0.25) is 4.79 Å². The monoisotopic (exact) mass is 304 g/mol. The highest BCUT2D eigenvalue weighted by Crippen LogP contribution is 2.31. The highest BCUT2D eigenvalue weighted by Gasteiger charge is 2.21. The van der Waals surface area contributed by atoms with Crippen LogP contribution >= 0.6 is 0 Å². The average Bonchev–Trinajstić information content (AvgIpc) is 2.36. The minimum absolute atomic E-state index is 0.343. The summed E-state index contributed by atoms with van der Waals surface area (Å²) in [6.45, 7) is 0. The molecule has 0 heterocycles. The summed E-state index contributed by atoms with van der Waals surface area (Å²) in [7, 11) is 0. The smallest absolute Gasteiger partial charge is 0.255 e. The lowest BCUT2D eigenvalue weighted by atomic mass is 10.0. The molecule has 7 heteroatoms. The molecule has 0 aliphatic carbocycles. The van der Waals surface area contributed by atoms with Gasteiger partial charge in [0.15, 0.2) is 0 Å². The van der Waals surface area contributed by atoms with E-state index in [0.717, 1.165) is 12.1 Å². The Bertz CT molecular complexity index is 688. The third-order valence-electron chi connectivity index (χ3n) is 2.80. The van der Waals surface area contributed by atoms with Crippen molar-refractivity contribution in [1.82, 2.24) is 0 Å². The summed E-state index contributed by atoms with van der Waals surface area (Å²) >= 11 is 0. The molecule has 110 valence electrons. The number of carbonyl (C=O) groups excluding carboxylic acids is 1. The van der Waals surface area contributed by atoms with Gasteiger partial charge in [-0.1, -0.05) is 6.07 Å². The quantitative estimate of drug-likeness (QED) is 0.587. The van der Waals surface area contributed by atoms with Gasteiger partial charge in [-0.2, -0.15) is 4.39 Å². The van der Waals surface area contributed by atoms with Crippen molar-refractivity contribution in [2.24, 2.45) is 0 Å². The Morgan fingerprint density at radius 1 is 0.905 bits per heavy atom. The molecule has 0 N–H and O–H groups in total. The van der Waals surface area contributed by atoms with Crippen LogP contribution in [0.15, 0.2) is 30.3 Å². The largest absolute Gasteiger partial charge is 0.332 e. The molecule has 2 aromatic rings. The van der Waals surface area contributed by atoms with Crippen LogP contribution in [0.5, 0.6) is 0 Å². The second-order valence-electron chi connectivity index (χ2n) is 4.12. The molecule has 1 nitrogen and oxygen atoms in total. The van der Waals surface area contributed by atoms with Crippen molar-refractivity contribution in [2.45, 2.75) is 6.43 Å². The van der Waals surface area contributed by atoms with E-state index in [1.54, 1.807) is 0 Å². The maximum atomic E-state index is 13.7. The number of rotatable bonds is 3. The average molecular weight is 304 g/mol. The van der Waals surface area contributed by atoms with Gasteiger partial charge in [0, 0.05) is 5.56 Å². The second kappa shape index (κ2) is 5.59. The summed E-state index contributed by atoms with van der Waals surface area (Å²) in [4.78, 5) is 10.4. The predicted octanol–water partition coefficient (Wildman–Crippen LogP) is 4.82. The van der Waals surface area contributed by atoms with E-state index in [1.807, 2.05) is 0 Å². The predicted molar refractivity (Wildman–Crippen MR) is 62.1 cm³/mol. The molecular formula is C14H6F6O. The van der Waals surface area contributed by atoms with Crippen molar-refractivity contribution in [3.8, 4) is 11.1 Å². The van der Waals surface area contributed by atoms with Crippen LogP contribution in [0.1, 0.15) is 22.3 Å². The van der Waals surface area contributed by atoms with Gasteiger partial charge < -0.3 is 0 Å². The number of halogens is 6. The van der Waals surface area contributed by atoms with Crippen molar-refractivity contribution in [3.05, 3.63) is 58.9 Å². The lowest BCUT2D eigenvalue weighted by Gasteiger charge is -2.09. The lowest BCUT2D eigenvalue weighted by molar-refractivity contribution is 0.0835. The third kappa shape index (κ3) is 2.91. The van der Waals surface area contributed by atoms with Gasteiger partial charge in [0.1, 0.15) is 17.5 Å². The summed E-state index contributed by atoms with van der Waals surface area (Å²) in [5.41, 5.74) is -2.67. The lowest BCUT2D eigenvalue weighted by Crippen LogP contribution is -1.99. The van der Waals surface area contributed by atoms with Crippen molar-refractivity contribution in [2.75, 3.05) is 0 Å². The van der Waals surface area contributed by atoms with Crippen LogP contribution in [0, 0.1) is 17.5 Å². The van der Waals surface area contributed by atoms with Crippen LogP contribution in [-0.2, 0) is 0 Å². The molecule has 0 aromatic heterocycles. The molecule has 0 aliphatic rings. The van der Waals surface area contributed by atoms with Crippen LogP contribution in [-0.4, -0.2) is 6.04 Å². The standard InChI is InChI=1S/C14H6F6O/c15-9-3-6(14(20)21)1-2-8(9)7-4-10(16)12(13(18)19)11(17)5-7/h1-5,13H. The van der Waals surface area contributed by atoms with Crippen molar-refractivity contribution in [1.29, 1.82) is 0 Å². The zero-order valence-electron chi connectivity index (χ0n) is 10.1. The number of benzene rings is 2. The fourth-order valence-corrected chi connectivity index (χ4v) is 1.82. The minimum Gasteiger partial charge on any atom is -0.255 e. The van der Waals surface area contributed by atoms with Gasteiger partial charge >= 0.3 is 6.04 Å². The molecule has 0 bridgehead atoms. The van der Waals surface area contributed by atoms with E-state index in [1.165, 1.54) is 0 Å². The molecule has 0 aliphatic heterocycles. The highest BCUT2D eigenvalue weighted by molar-refractivity contribution is 5.89. The number of hydrogen-bond acceptors (Lipinski definition) is 1. The van der Waals surface area contributed by atoms with Crippen LogP contribution in [0.25, 0.3) is 11.1 Å². The fraction of sp³-hybridized carbons (Fsp3) is 0.0714. The van der Waals surface area contributed by atoms with Crippen molar-refractivity contribution < 1.29 is 31.1 Å². The minimum atomic E-state index is -3.35. The van der Waals surface area contributed by atoms with E-state index in [9.17, 15) is 31.1 Å². The Morgan fingerprint density at radius 2 is 1.48 bits per heavy atom. The normalized spacial score (nSPS) is 11.0. The third-order valence-corrected chi connectivity index (χ3v) is 2.80. The first-order valence-corrected chi connectivity index (χ1v) is 5.58. The molecule has 2 aromatic carbocycles. The zero-order chi connectivity index (χ0) is 15.7. The molecular weight excluding hydrogens is 298 g/mol. The Morgan fingerprint density at radius 3 is 1.90 bits per heavy atom. The first-order chi connectivity index (χ1) is 9.81. The van der Waals surface area contributed by atoms with Gasteiger partial charge in [0.25, 0.3) is 6.43 Å². The van der Waals surface area contributed by atoms with E-state index < -0.39 is 41.0 Å². The Kier molecular flexibility index (Phi) is 4.02. The Balaban J connectivity index is 2.55. The maximum Gasteiger partial charge on any atom is 0.332 e. The Hall–Kier alpha value is -2.31. The first-order valence-electron chi connectivity index (χ1n) is 5.58. The Labute approximate surface area is 114 Å². The van der Waals surface area contributed by atoms with E-state index >= 15 is 0 Å². The highest BCUT2D eigenvalue weighted by atomic mass is 19.3. The molecule has 0 fully saturated rings. The number of alkyl halides is 2. The molecule has 0 atom stereocenters. The molecule has 0 unspecified atom stereocenters. The summed E-state index contributed by atoms with van der Waals surface area (Å²) in [6, 6.07) is 1.61. The fourth-order valence-electron chi connectivity index (χ4n) is 1.82. The first kappa shape index (κ1) is 15.1. The molecule has 0 saturated heterocycles. The van der Waals surface area contributed by atoms with Crippen molar-refractivity contribution >= 4 is 6.04 Å². The summed E-state index contributed by atoms with van der Waals surface area (Å²) in [6.07, 6.45) is -3.35. The molecule has 21 heavy (non-hydrogen) atoms. The van der Waals surface area contributed by atoms with Crippen LogP contribution in [0.2, 0.25) is 0 Å². The van der Waals surface area contributed by atoms with Crippen LogP contribution in [0.3, 0.4) is 0 Å². The van der Waals surface area contributed by atoms with E-state index in [2.05, 4.69) is 0 Å². The van der Waals surface area contributed by atoms with Crippen molar-refractivity contribution in [3.63, 3.8) is 0 Å². The SMILES string of the molecule is O=C(F)c1ccc(-c2cc(F)c(C(F)F)c(F)c2)c(F)c1. The molecule has 0 amide bonds. The summed E-state index contributed by atoms with van der Waals surface area (Å²) in [5, 5.41) is 0. The van der Waals surface area contributed by atoms with Gasteiger partial charge in [-0.05, 0) is 29.8 Å². The van der Waals surface area contributed by atoms with Gasteiger partial charge in [0.05, 0.1) is 11.1 Å².